The number of rotatable bonds is 5. The van der Waals surface area contributed by atoms with E-state index in [0.29, 0.717) is 5.56 Å². The first kappa shape index (κ1) is 17.5. The molecule has 0 unspecified atom stereocenters. The van der Waals surface area contributed by atoms with E-state index in [0.717, 1.165) is 33.4 Å². The molecule has 0 bridgehead atoms. The molecular formula is C19H17N3OS. The Hall–Kier alpha value is -2.84. The Labute approximate surface area is 145 Å². The molecule has 1 amide bonds. The molecule has 4 nitrogen and oxygen atoms in total. The van der Waals surface area contributed by atoms with Gasteiger partial charge in [0.2, 0.25) is 0 Å². The zero-order valence-corrected chi connectivity index (χ0v) is 14.3. The number of amides is 1. The van der Waals surface area contributed by atoms with Crippen LogP contribution in [0.2, 0.25) is 0 Å². The van der Waals surface area contributed by atoms with Crippen molar-refractivity contribution in [3.8, 4) is 5.40 Å². The zero-order valence-electron chi connectivity index (χ0n) is 13.5. The molecule has 0 atom stereocenters. The highest BCUT2D eigenvalue weighted by Crippen LogP contribution is 2.24. The van der Waals surface area contributed by atoms with Crippen molar-refractivity contribution in [2.45, 2.75) is 13.8 Å². The molecule has 2 rings (SSSR count). The van der Waals surface area contributed by atoms with Crippen molar-refractivity contribution in [2.75, 3.05) is 0 Å². The first-order valence-electron chi connectivity index (χ1n) is 7.34. The van der Waals surface area contributed by atoms with E-state index in [9.17, 15) is 4.79 Å². The number of nitriles is 1. The van der Waals surface area contributed by atoms with Gasteiger partial charge in [-0.2, -0.15) is 10.4 Å². The third kappa shape index (κ3) is 4.83. The number of nitrogens with zero attached hydrogens (tertiary/aromatic N) is 2. The van der Waals surface area contributed by atoms with Gasteiger partial charge in [-0.25, -0.2) is 5.43 Å². The molecule has 0 heterocycles. The number of allylic oxidation sites excluding steroid dienone is 2. The van der Waals surface area contributed by atoms with Crippen LogP contribution in [0.3, 0.4) is 0 Å². The zero-order chi connectivity index (χ0) is 17.4. The smallest absolute Gasteiger partial charge is 0.267 e. The van der Waals surface area contributed by atoms with Gasteiger partial charge in [0, 0.05) is 16.0 Å². The number of carbonyl (C=O) groups is 1. The van der Waals surface area contributed by atoms with E-state index in [1.165, 1.54) is 0 Å². The Kier molecular flexibility index (Phi) is 6.35. The topological polar surface area (TPSA) is 65.2 Å². The van der Waals surface area contributed by atoms with E-state index < -0.39 is 0 Å². The van der Waals surface area contributed by atoms with Crippen LogP contribution in [0.15, 0.2) is 64.6 Å². The monoisotopic (exact) mass is 335 g/mol. The summed E-state index contributed by atoms with van der Waals surface area (Å²) in [6.07, 6.45) is 1.57. The molecule has 0 fully saturated rings. The van der Waals surface area contributed by atoms with E-state index in [4.69, 9.17) is 5.26 Å². The molecule has 120 valence electrons. The van der Waals surface area contributed by atoms with Gasteiger partial charge in [0.25, 0.3) is 5.91 Å². The Morgan fingerprint density at radius 3 is 2.42 bits per heavy atom. The molecule has 0 saturated carbocycles. The molecule has 5 heteroatoms. The lowest BCUT2D eigenvalue weighted by Gasteiger charge is -2.06. The number of hydrogen-bond acceptors (Lipinski definition) is 4. The van der Waals surface area contributed by atoms with Crippen molar-refractivity contribution in [1.29, 1.82) is 5.26 Å². The first-order chi connectivity index (χ1) is 11.6. The van der Waals surface area contributed by atoms with Crippen LogP contribution in [0.5, 0.6) is 0 Å². The number of hydrogen-bond donors (Lipinski definition) is 1. The maximum atomic E-state index is 12.1. The molecule has 24 heavy (non-hydrogen) atoms. The minimum Gasteiger partial charge on any atom is -0.267 e. The van der Waals surface area contributed by atoms with Crippen molar-refractivity contribution in [3.05, 3.63) is 76.2 Å². The van der Waals surface area contributed by atoms with E-state index in [2.05, 4.69) is 15.9 Å². The van der Waals surface area contributed by atoms with Crippen molar-refractivity contribution in [3.63, 3.8) is 0 Å². The Balaban J connectivity index is 2.16. The van der Waals surface area contributed by atoms with Crippen LogP contribution in [-0.2, 0) is 0 Å². The Morgan fingerprint density at radius 2 is 1.79 bits per heavy atom. The van der Waals surface area contributed by atoms with Crippen LogP contribution in [0.1, 0.15) is 28.4 Å². The number of carbonyl (C=O) groups excluding carboxylic acids is 1. The van der Waals surface area contributed by atoms with Crippen LogP contribution < -0.4 is 5.43 Å². The molecule has 0 aliphatic heterocycles. The summed E-state index contributed by atoms with van der Waals surface area (Å²) >= 11 is 1.07. The number of aryl methyl sites for hydroxylation is 1. The molecule has 0 aliphatic carbocycles. The summed E-state index contributed by atoms with van der Waals surface area (Å²) in [5, 5.41) is 15.0. The van der Waals surface area contributed by atoms with Gasteiger partial charge in [0.1, 0.15) is 5.40 Å². The fourth-order valence-corrected chi connectivity index (χ4v) is 2.45. The molecule has 0 radical (unpaired) electrons. The standard InChI is InChI=1S/C19H17N3OS/c1-14-8-10-17(11-9-14)19(23)22-21-12-18(15(2)24-13-20)16-6-4-3-5-7-16/h3-12H,1-2H3,(H,22,23)/b18-15+,21-12+. The van der Waals surface area contributed by atoms with E-state index in [-0.39, 0.29) is 5.91 Å². The van der Waals surface area contributed by atoms with Crippen molar-refractivity contribution in [2.24, 2.45) is 5.10 Å². The quantitative estimate of drug-likeness (QED) is 0.502. The second-order valence-corrected chi connectivity index (χ2v) is 6.09. The molecule has 1 N–H and O–H groups in total. The fourth-order valence-electron chi connectivity index (χ4n) is 2.03. The normalized spacial score (nSPS) is 11.7. The summed E-state index contributed by atoms with van der Waals surface area (Å²) in [7, 11) is 0. The maximum absolute atomic E-state index is 12.1. The summed E-state index contributed by atoms with van der Waals surface area (Å²) in [5.74, 6) is -0.274. The van der Waals surface area contributed by atoms with Crippen molar-refractivity contribution in [1.82, 2.24) is 5.43 Å². The average molecular weight is 335 g/mol. The first-order valence-corrected chi connectivity index (χ1v) is 8.16. The van der Waals surface area contributed by atoms with Crippen molar-refractivity contribution >= 4 is 29.5 Å². The summed E-state index contributed by atoms with van der Waals surface area (Å²) in [6, 6.07) is 16.9. The lowest BCUT2D eigenvalue weighted by molar-refractivity contribution is 0.0955. The van der Waals surface area contributed by atoms with Crippen molar-refractivity contribution < 1.29 is 4.79 Å². The molecular weight excluding hydrogens is 318 g/mol. The lowest BCUT2D eigenvalue weighted by atomic mass is 10.1. The molecule has 0 spiro atoms. The number of nitrogens with one attached hydrogen (secondary N) is 1. The van der Waals surface area contributed by atoms with Gasteiger partial charge >= 0.3 is 0 Å². The van der Waals surface area contributed by atoms with Gasteiger partial charge in [-0.1, -0.05) is 48.0 Å². The molecule has 0 aromatic heterocycles. The predicted molar refractivity (Wildman–Crippen MR) is 99.4 cm³/mol. The fraction of sp³-hybridized carbons (Fsp3) is 0.105. The van der Waals surface area contributed by atoms with Gasteiger partial charge in [-0.15, -0.1) is 0 Å². The summed E-state index contributed by atoms with van der Waals surface area (Å²) in [4.78, 5) is 12.9. The Bertz CT molecular complexity index is 803. The number of thioether (sulfide) groups is 1. The van der Waals surface area contributed by atoms with E-state index >= 15 is 0 Å². The van der Waals surface area contributed by atoms with Gasteiger partial charge in [-0.05, 0) is 43.3 Å². The summed E-state index contributed by atoms with van der Waals surface area (Å²) < 4.78 is 0. The maximum Gasteiger partial charge on any atom is 0.271 e. The minimum atomic E-state index is -0.274. The number of hydrazone groups is 1. The summed E-state index contributed by atoms with van der Waals surface area (Å²) in [6.45, 7) is 3.82. The van der Waals surface area contributed by atoms with Gasteiger partial charge in [0.15, 0.2) is 0 Å². The highest BCUT2D eigenvalue weighted by Gasteiger charge is 2.06. The van der Waals surface area contributed by atoms with E-state index in [1.54, 1.807) is 18.3 Å². The van der Waals surface area contributed by atoms with Crippen LogP contribution in [0.4, 0.5) is 0 Å². The highest BCUT2D eigenvalue weighted by atomic mass is 32.2. The minimum absolute atomic E-state index is 0.274. The van der Waals surface area contributed by atoms with Gasteiger partial charge < -0.3 is 0 Å². The van der Waals surface area contributed by atoms with E-state index in [1.807, 2.05) is 56.3 Å². The SMILES string of the molecule is C/C(SC#N)=C(/C=N/NC(=O)c1ccc(C)cc1)c1ccccc1. The van der Waals surface area contributed by atoms with Gasteiger partial charge in [0.05, 0.1) is 6.21 Å². The average Bonchev–Trinajstić information content (AvgIpc) is 2.60. The van der Waals surface area contributed by atoms with Crippen LogP contribution >= 0.6 is 11.8 Å². The highest BCUT2D eigenvalue weighted by molar-refractivity contribution is 8.07. The van der Waals surface area contributed by atoms with Gasteiger partial charge in [-0.3, -0.25) is 4.79 Å². The van der Waals surface area contributed by atoms with Crippen LogP contribution in [0, 0.1) is 17.6 Å². The molecule has 2 aromatic rings. The molecule has 2 aromatic carbocycles. The lowest BCUT2D eigenvalue weighted by Crippen LogP contribution is -2.17. The molecule has 0 aliphatic rings. The van der Waals surface area contributed by atoms with Crippen LogP contribution in [-0.4, -0.2) is 12.1 Å². The Morgan fingerprint density at radius 1 is 1.12 bits per heavy atom. The number of benzene rings is 2. The molecule has 0 saturated heterocycles. The third-order valence-corrected chi connectivity index (χ3v) is 3.95. The third-order valence-electron chi connectivity index (χ3n) is 3.34. The second kappa shape index (κ2) is 8.70. The largest absolute Gasteiger partial charge is 0.271 e. The predicted octanol–water partition coefficient (Wildman–Crippen LogP) is 4.36. The second-order valence-electron chi connectivity index (χ2n) is 5.09. The van der Waals surface area contributed by atoms with Crippen LogP contribution in [0.25, 0.3) is 5.57 Å². The summed E-state index contributed by atoms with van der Waals surface area (Å²) in [5.41, 5.74) is 5.89. The number of thiocyanates is 1.